The molecule has 1 aliphatic rings. The third-order valence-corrected chi connectivity index (χ3v) is 5.61. The molecule has 1 aromatic carbocycles. The summed E-state index contributed by atoms with van der Waals surface area (Å²) >= 11 is 0. The molecule has 7 heteroatoms. The first-order chi connectivity index (χ1) is 15.2. The van der Waals surface area contributed by atoms with Gasteiger partial charge in [0.1, 0.15) is 12.3 Å². The zero-order valence-electron chi connectivity index (χ0n) is 17.6. The lowest BCUT2D eigenvalue weighted by Crippen LogP contribution is -2.52. The van der Waals surface area contributed by atoms with Crippen molar-refractivity contribution in [2.45, 2.75) is 25.4 Å². The highest BCUT2D eigenvalue weighted by atomic mass is 16.5. The Labute approximate surface area is 181 Å². The molecular formula is C24H26N4O3. The van der Waals surface area contributed by atoms with Crippen molar-refractivity contribution in [2.75, 3.05) is 26.8 Å². The van der Waals surface area contributed by atoms with E-state index in [4.69, 9.17) is 4.74 Å². The van der Waals surface area contributed by atoms with Crippen molar-refractivity contribution in [3.05, 3.63) is 72.2 Å². The van der Waals surface area contributed by atoms with Gasteiger partial charge in [0.25, 0.3) is 5.91 Å². The van der Waals surface area contributed by atoms with E-state index in [0.29, 0.717) is 25.3 Å². The number of pyridine rings is 2. The van der Waals surface area contributed by atoms with Crippen LogP contribution in [0.25, 0.3) is 10.9 Å². The molecule has 0 saturated carbocycles. The molecule has 0 radical (unpaired) electrons. The van der Waals surface area contributed by atoms with Crippen LogP contribution >= 0.6 is 0 Å². The van der Waals surface area contributed by atoms with Gasteiger partial charge in [-0.25, -0.2) is 4.98 Å². The number of hydrogen-bond donors (Lipinski definition) is 0. The lowest BCUT2D eigenvalue weighted by molar-refractivity contribution is -0.139. The van der Waals surface area contributed by atoms with Crippen molar-refractivity contribution < 1.29 is 14.3 Å². The van der Waals surface area contributed by atoms with Crippen LogP contribution in [-0.4, -0.2) is 64.4 Å². The minimum Gasteiger partial charge on any atom is -0.375 e. The number of para-hydroxylation sites is 1. The lowest BCUT2D eigenvalue weighted by atomic mass is 10.0. The molecule has 1 unspecified atom stereocenters. The van der Waals surface area contributed by atoms with E-state index in [1.807, 2.05) is 52.3 Å². The van der Waals surface area contributed by atoms with Gasteiger partial charge in [-0.15, -0.1) is 0 Å². The van der Waals surface area contributed by atoms with Crippen LogP contribution in [0.15, 0.2) is 60.9 Å². The molecule has 2 aromatic heterocycles. The minimum atomic E-state index is -0.101. The number of carbonyl (C=O) groups excluding carboxylic acids is 2. The monoisotopic (exact) mass is 418 g/mol. The number of methoxy groups -OCH3 is 1. The molecule has 31 heavy (non-hydrogen) atoms. The predicted molar refractivity (Wildman–Crippen MR) is 117 cm³/mol. The maximum Gasteiger partial charge on any atom is 0.272 e. The second-order valence-electron chi connectivity index (χ2n) is 7.75. The molecule has 160 valence electrons. The summed E-state index contributed by atoms with van der Waals surface area (Å²) in [4.78, 5) is 38.3. The number of fused-ring (bicyclic) bond motifs is 1. The highest BCUT2D eigenvalue weighted by Gasteiger charge is 2.31. The Morgan fingerprint density at radius 3 is 2.84 bits per heavy atom. The number of piperidine rings is 1. The first kappa shape index (κ1) is 20.9. The molecule has 1 saturated heterocycles. The van der Waals surface area contributed by atoms with Crippen molar-refractivity contribution >= 4 is 22.7 Å². The Morgan fingerprint density at radius 1 is 1.16 bits per heavy atom. The fourth-order valence-corrected chi connectivity index (χ4v) is 4.06. The maximum absolute atomic E-state index is 13.2. The van der Waals surface area contributed by atoms with Crippen LogP contribution < -0.4 is 0 Å². The van der Waals surface area contributed by atoms with Crippen LogP contribution in [0.5, 0.6) is 0 Å². The number of likely N-dealkylation sites (tertiary alicyclic amines) is 1. The Bertz CT molecular complexity index is 1060. The Hall–Kier alpha value is -3.32. The van der Waals surface area contributed by atoms with Gasteiger partial charge in [0.15, 0.2) is 0 Å². The fraction of sp³-hybridized carbons (Fsp3) is 0.333. The van der Waals surface area contributed by atoms with E-state index in [0.717, 1.165) is 29.3 Å². The lowest BCUT2D eigenvalue weighted by Gasteiger charge is -2.39. The first-order valence-corrected chi connectivity index (χ1v) is 10.5. The number of hydrogen-bond acceptors (Lipinski definition) is 5. The van der Waals surface area contributed by atoms with Gasteiger partial charge in [-0.1, -0.05) is 30.3 Å². The third-order valence-electron chi connectivity index (χ3n) is 5.61. The quantitative estimate of drug-likeness (QED) is 0.615. The van der Waals surface area contributed by atoms with Crippen molar-refractivity contribution in [3.8, 4) is 0 Å². The fourth-order valence-electron chi connectivity index (χ4n) is 4.06. The Kier molecular flexibility index (Phi) is 6.52. The largest absolute Gasteiger partial charge is 0.375 e. The van der Waals surface area contributed by atoms with Crippen LogP contribution in [0.2, 0.25) is 0 Å². The summed E-state index contributed by atoms with van der Waals surface area (Å²) in [5.41, 5.74) is 2.18. The summed E-state index contributed by atoms with van der Waals surface area (Å²) in [7, 11) is 1.52. The molecule has 1 fully saturated rings. The van der Waals surface area contributed by atoms with Crippen LogP contribution in [0.3, 0.4) is 0 Å². The van der Waals surface area contributed by atoms with E-state index in [1.54, 1.807) is 18.5 Å². The molecule has 4 rings (SSSR count). The summed E-state index contributed by atoms with van der Waals surface area (Å²) in [5.74, 6) is -0.189. The van der Waals surface area contributed by atoms with Gasteiger partial charge in [-0.3, -0.25) is 14.6 Å². The average molecular weight is 418 g/mol. The molecule has 7 nitrogen and oxygen atoms in total. The number of carbonyl (C=O) groups is 2. The highest BCUT2D eigenvalue weighted by Crippen LogP contribution is 2.21. The first-order valence-electron chi connectivity index (χ1n) is 10.5. The minimum absolute atomic E-state index is 0.0109. The molecule has 0 bridgehead atoms. The number of aromatic nitrogens is 2. The smallest absolute Gasteiger partial charge is 0.272 e. The number of benzene rings is 1. The summed E-state index contributed by atoms with van der Waals surface area (Å²) in [6, 6.07) is 15.2. The maximum atomic E-state index is 13.2. The Balaban J connectivity index is 1.52. The number of amides is 2. The highest BCUT2D eigenvalue weighted by molar-refractivity contribution is 5.95. The molecule has 1 atom stereocenters. The van der Waals surface area contributed by atoms with Crippen molar-refractivity contribution in [2.24, 2.45) is 0 Å². The second-order valence-corrected chi connectivity index (χ2v) is 7.75. The number of nitrogens with zero attached hydrogens (tertiary/aromatic N) is 4. The zero-order valence-corrected chi connectivity index (χ0v) is 17.6. The zero-order chi connectivity index (χ0) is 21.6. The van der Waals surface area contributed by atoms with E-state index in [9.17, 15) is 9.59 Å². The molecule has 0 spiro atoms. The summed E-state index contributed by atoms with van der Waals surface area (Å²) < 4.78 is 5.10. The van der Waals surface area contributed by atoms with Crippen LogP contribution in [0.4, 0.5) is 0 Å². The van der Waals surface area contributed by atoms with Gasteiger partial charge >= 0.3 is 0 Å². The SMILES string of the molecule is COCC(=O)N(Cc1cccnc1)C1CCCN(C(=O)c2ccc3ccccc3n2)C1. The van der Waals surface area contributed by atoms with E-state index < -0.39 is 0 Å². The summed E-state index contributed by atoms with van der Waals surface area (Å²) in [6.07, 6.45) is 5.14. The van der Waals surface area contributed by atoms with Gasteiger partial charge in [-0.2, -0.15) is 0 Å². The summed E-state index contributed by atoms with van der Waals surface area (Å²) in [6.45, 7) is 1.58. The molecular weight excluding hydrogens is 392 g/mol. The standard InChI is InChI=1S/C24H26N4O3/c1-31-17-23(29)28(15-18-6-4-12-25-14-18)20-8-5-13-27(16-20)24(30)22-11-10-19-7-2-3-9-21(19)26-22/h2-4,6-7,9-12,14,20H,5,8,13,15-17H2,1H3. The van der Waals surface area contributed by atoms with E-state index >= 15 is 0 Å². The van der Waals surface area contributed by atoms with Crippen LogP contribution in [-0.2, 0) is 16.1 Å². The van der Waals surface area contributed by atoms with E-state index in [2.05, 4.69) is 9.97 Å². The molecule has 2 amide bonds. The van der Waals surface area contributed by atoms with Gasteiger partial charge in [0.2, 0.25) is 5.91 Å². The molecule has 1 aliphatic heterocycles. The summed E-state index contributed by atoms with van der Waals surface area (Å²) in [5, 5.41) is 1.00. The molecule has 0 N–H and O–H groups in total. The van der Waals surface area contributed by atoms with Gasteiger partial charge in [0, 0.05) is 50.6 Å². The molecule has 3 heterocycles. The number of rotatable bonds is 6. The second kappa shape index (κ2) is 9.66. The van der Waals surface area contributed by atoms with E-state index in [-0.39, 0.29) is 24.5 Å². The normalized spacial score (nSPS) is 16.3. The topological polar surface area (TPSA) is 75.6 Å². The van der Waals surface area contributed by atoms with Gasteiger partial charge in [0.05, 0.1) is 5.52 Å². The Morgan fingerprint density at radius 2 is 2.03 bits per heavy atom. The predicted octanol–water partition coefficient (Wildman–Crippen LogP) is 2.91. The van der Waals surface area contributed by atoms with Gasteiger partial charge in [-0.05, 0) is 36.6 Å². The van der Waals surface area contributed by atoms with Gasteiger partial charge < -0.3 is 14.5 Å². The molecule has 0 aliphatic carbocycles. The third kappa shape index (κ3) is 4.88. The molecule has 3 aromatic rings. The van der Waals surface area contributed by atoms with Crippen molar-refractivity contribution in [3.63, 3.8) is 0 Å². The average Bonchev–Trinajstić information content (AvgIpc) is 2.82. The van der Waals surface area contributed by atoms with Crippen molar-refractivity contribution in [1.82, 2.24) is 19.8 Å². The van der Waals surface area contributed by atoms with Crippen molar-refractivity contribution in [1.29, 1.82) is 0 Å². The number of ether oxygens (including phenoxy) is 1. The van der Waals surface area contributed by atoms with Crippen LogP contribution in [0, 0.1) is 0 Å². The van der Waals surface area contributed by atoms with Crippen LogP contribution in [0.1, 0.15) is 28.9 Å². The van der Waals surface area contributed by atoms with E-state index in [1.165, 1.54) is 7.11 Å².